The number of hydrogen-bond donors (Lipinski definition) is 1. The van der Waals surface area contributed by atoms with Crippen LogP contribution >= 0.6 is 15.9 Å². The van der Waals surface area contributed by atoms with E-state index in [0.717, 1.165) is 15.6 Å². The SMILES string of the molecule is CC(NC(=O)C=Cc1ccccc1)C(=O)N(C)Cc1ccc(Br)cc1. The molecule has 0 heterocycles. The maximum absolute atomic E-state index is 12.4. The number of amides is 2. The van der Waals surface area contributed by atoms with Gasteiger partial charge in [0.05, 0.1) is 0 Å². The fourth-order valence-corrected chi connectivity index (χ4v) is 2.60. The standard InChI is InChI=1S/C20H21BrN2O2/c1-15(22-19(24)13-10-16-6-4-3-5-7-16)20(25)23(2)14-17-8-11-18(21)12-9-17/h3-13,15H,14H2,1-2H3,(H,22,24). The zero-order valence-electron chi connectivity index (χ0n) is 14.3. The van der Waals surface area contributed by atoms with E-state index < -0.39 is 6.04 Å². The Morgan fingerprint density at radius 1 is 1.12 bits per heavy atom. The van der Waals surface area contributed by atoms with Gasteiger partial charge in [-0.25, -0.2) is 0 Å². The van der Waals surface area contributed by atoms with Gasteiger partial charge in [-0.3, -0.25) is 9.59 Å². The van der Waals surface area contributed by atoms with Gasteiger partial charge in [0.1, 0.15) is 6.04 Å². The maximum atomic E-state index is 12.4. The van der Waals surface area contributed by atoms with Crippen LogP contribution in [0, 0.1) is 0 Å². The second kappa shape index (κ2) is 9.18. The second-order valence-electron chi connectivity index (χ2n) is 5.80. The van der Waals surface area contributed by atoms with E-state index in [9.17, 15) is 9.59 Å². The number of halogens is 1. The molecule has 0 spiro atoms. The van der Waals surface area contributed by atoms with Crippen LogP contribution in [0.25, 0.3) is 6.08 Å². The van der Waals surface area contributed by atoms with E-state index in [1.54, 1.807) is 24.9 Å². The van der Waals surface area contributed by atoms with Gasteiger partial charge in [0.25, 0.3) is 0 Å². The van der Waals surface area contributed by atoms with E-state index in [-0.39, 0.29) is 11.8 Å². The third-order valence-corrected chi connectivity index (χ3v) is 4.19. The molecule has 0 fully saturated rings. The van der Waals surface area contributed by atoms with Gasteiger partial charge >= 0.3 is 0 Å². The number of likely N-dealkylation sites (N-methyl/N-ethyl adjacent to an activating group) is 1. The summed E-state index contributed by atoms with van der Waals surface area (Å²) in [4.78, 5) is 26.0. The summed E-state index contributed by atoms with van der Waals surface area (Å²) < 4.78 is 0.996. The molecule has 2 aromatic rings. The van der Waals surface area contributed by atoms with Gasteiger partial charge in [0, 0.05) is 24.1 Å². The van der Waals surface area contributed by atoms with Gasteiger partial charge in [0.15, 0.2) is 0 Å². The van der Waals surface area contributed by atoms with E-state index in [1.165, 1.54) is 6.08 Å². The molecule has 0 saturated carbocycles. The van der Waals surface area contributed by atoms with Crippen molar-refractivity contribution in [1.29, 1.82) is 0 Å². The minimum Gasteiger partial charge on any atom is -0.341 e. The van der Waals surface area contributed by atoms with Crippen LogP contribution in [-0.2, 0) is 16.1 Å². The highest BCUT2D eigenvalue weighted by molar-refractivity contribution is 9.10. The van der Waals surface area contributed by atoms with Crippen molar-refractivity contribution < 1.29 is 9.59 Å². The van der Waals surface area contributed by atoms with Gasteiger partial charge in [-0.15, -0.1) is 0 Å². The molecule has 4 nitrogen and oxygen atoms in total. The largest absolute Gasteiger partial charge is 0.341 e. The zero-order chi connectivity index (χ0) is 18.2. The van der Waals surface area contributed by atoms with Crippen LogP contribution < -0.4 is 5.32 Å². The Labute approximate surface area is 156 Å². The van der Waals surface area contributed by atoms with E-state index in [4.69, 9.17) is 0 Å². The molecule has 0 radical (unpaired) electrons. The number of carbonyl (C=O) groups excluding carboxylic acids is 2. The molecule has 0 aromatic heterocycles. The quantitative estimate of drug-likeness (QED) is 0.752. The van der Waals surface area contributed by atoms with Gasteiger partial charge in [-0.05, 0) is 36.3 Å². The minimum absolute atomic E-state index is 0.135. The maximum Gasteiger partial charge on any atom is 0.244 e. The van der Waals surface area contributed by atoms with Crippen LogP contribution in [-0.4, -0.2) is 29.8 Å². The lowest BCUT2D eigenvalue weighted by Crippen LogP contribution is -2.44. The number of rotatable bonds is 6. The number of hydrogen-bond acceptors (Lipinski definition) is 2. The van der Waals surface area contributed by atoms with Crippen molar-refractivity contribution in [2.24, 2.45) is 0 Å². The average Bonchev–Trinajstić information content (AvgIpc) is 2.62. The minimum atomic E-state index is -0.589. The molecular formula is C20H21BrN2O2. The van der Waals surface area contributed by atoms with Crippen molar-refractivity contribution in [2.75, 3.05) is 7.05 Å². The van der Waals surface area contributed by atoms with Gasteiger partial charge < -0.3 is 10.2 Å². The molecule has 2 aromatic carbocycles. The molecule has 1 atom stereocenters. The molecule has 5 heteroatoms. The lowest BCUT2D eigenvalue weighted by molar-refractivity contribution is -0.134. The summed E-state index contributed by atoms with van der Waals surface area (Å²) in [5.41, 5.74) is 1.96. The fraction of sp³-hybridized carbons (Fsp3) is 0.200. The third kappa shape index (κ3) is 6.19. The van der Waals surface area contributed by atoms with E-state index in [1.807, 2.05) is 54.6 Å². The Kier molecular flexibility index (Phi) is 6.95. The van der Waals surface area contributed by atoms with Crippen molar-refractivity contribution in [1.82, 2.24) is 10.2 Å². The first kappa shape index (κ1) is 18.9. The average molecular weight is 401 g/mol. The van der Waals surface area contributed by atoms with Crippen molar-refractivity contribution in [3.63, 3.8) is 0 Å². The van der Waals surface area contributed by atoms with Crippen LogP contribution in [0.1, 0.15) is 18.1 Å². The van der Waals surface area contributed by atoms with Crippen molar-refractivity contribution in [2.45, 2.75) is 19.5 Å². The van der Waals surface area contributed by atoms with Crippen LogP contribution in [0.2, 0.25) is 0 Å². The lowest BCUT2D eigenvalue weighted by atomic mass is 10.2. The molecule has 0 aliphatic carbocycles. The molecule has 1 unspecified atom stereocenters. The molecule has 2 amide bonds. The Morgan fingerprint density at radius 3 is 2.40 bits per heavy atom. The van der Waals surface area contributed by atoms with Crippen LogP contribution in [0.3, 0.4) is 0 Å². The lowest BCUT2D eigenvalue weighted by Gasteiger charge is -2.22. The number of nitrogens with one attached hydrogen (secondary N) is 1. The molecule has 0 aliphatic heterocycles. The molecule has 130 valence electrons. The van der Waals surface area contributed by atoms with E-state index in [0.29, 0.717) is 6.54 Å². The summed E-state index contributed by atoms with van der Waals surface area (Å²) in [6.07, 6.45) is 3.16. The third-order valence-electron chi connectivity index (χ3n) is 3.67. The Hall–Kier alpha value is -2.40. The first-order valence-corrected chi connectivity index (χ1v) is 8.78. The smallest absolute Gasteiger partial charge is 0.244 e. The van der Waals surface area contributed by atoms with Crippen LogP contribution in [0.15, 0.2) is 65.1 Å². The van der Waals surface area contributed by atoms with Crippen LogP contribution in [0.4, 0.5) is 0 Å². The molecule has 2 rings (SSSR count). The molecule has 1 N–H and O–H groups in total. The van der Waals surface area contributed by atoms with E-state index >= 15 is 0 Å². The van der Waals surface area contributed by atoms with Gasteiger partial charge in [-0.1, -0.05) is 58.4 Å². The molecule has 0 aliphatic rings. The van der Waals surface area contributed by atoms with Crippen molar-refractivity contribution in [3.05, 3.63) is 76.3 Å². The van der Waals surface area contributed by atoms with E-state index in [2.05, 4.69) is 21.2 Å². The summed E-state index contributed by atoms with van der Waals surface area (Å²) in [6.45, 7) is 2.18. The van der Waals surface area contributed by atoms with Gasteiger partial charge in [0.2, 0.25) is 11.8 Å². The highest BCUT2D eigenvalue weighted by Crippen LogP contribution is 2.12. The predicted molar refractivity (Wildman–Crippen MR) is 104 cm³/mol. The monoisotopic (exact) mass is 400 g/mol. The second-order valence-corrected chi connectivity index (χ2v) is 6.71. The number of benzene rings is 2. The molecule has 25 heavy (non-hydrogen) atoms. The highest BCUT2D eigenvalue weighted by Gasteiger charge is 2.18. The summed E-state index contributed by atoms with van der Waals surface area (Å²) in [6, 6.07) is 16.7. The fourth-order valence-electron chi connectivity index (χ4n) is 2.33. The zero-order valence-corrected chi connectivity index (χ0v) is 15.9. The summed E-state index contributed by atoms with van der Waals surface area (Å²) in [5, 5.41) is 2.70. The Morgan fingerprint density at radius 2 is 1.76 bits per heavy atom. The summed E-state index contributed by atoms with van der Waals surface area (Å²) in [5.74, 6) is -0.425. The number of carbonyl (C=O) groups is 2. The number of nitrogens with zero attached hydrogens (tertiary/aromatic N) is 1. The molecule has 0 bridgehead atoms. The van der Waals surface area contributed by atoms with Crippen molar-refractivity contribution in [3.8, 4) is 0 Å². The Balaban J connectivity index is 1.87. The molecular weight excluding hydrogens is 380 g/mol. The summed E-state index contributed by atoms with van der Waals surface area (Å²) in [7, 11) is 1.73. The normalized spacial score (nSPS) is 12.0. The van der Waals surface area contributed by atoms with Crippen LogP contribution in [0.5, 0.6) is 0 Å². The topological polar surface area (TPSA) is 49.4 Å². The first-order chi connectivity index (χ1) is 12.0. The molecule has 0 saturated heterocycles. The van der Waals surface area contributed by atoms with Gasteiger partial charge in [-0.2, -0.15) is 0 Å². The Bertz CT molecular complexity index is 742. The predicted octanol–water partition coefficient (Wildman–Crippen LogP) is 3.63. The first-order valence-electron chi connectivity index (χ1n) is 7.99. The summed E-state index contributed by atoms with van der Waals surface area (Å²) >= 11 is 3.39. The van der Waals surface area contributed by atoms with Crippen molar-refractivity contribution >= 4 is 33.8 Å². The highest BCUT2D eigenvalue weighted by atomic mass is 79.9.